The molecule has 1 aliphatic rings. The maximum Gasteiger partial charge on any atom is 0.165 e. The van der Waals surface area contributed by atoms with Crippen molar-refractivity contribution in [2.75, 3.05) is 0 Å². The Kier molecular flexibility index (Phi) is 6.97. The van der Waals surface area contributed by atoms with Crippen LogP contribution in [0.4, 0.5) is 22.0 Å². The van der Waals surface area contributed by atoms with E-state index < -0.39 is 34.6 Å². The summed E-state index contributed by atoms with van der Waals surface area (Å²) < 4.78 is 71.7. The number of aryl methyl sites for hydroxylation is 2. The van der Waals surface area contributed by atoms with Crippen molar-refractivity contribution in [3.63, 3.8) is 0 Å². The summed E-state index contributed by atoms with van der Waals surface area (Å²) in [4.78, 5) is 0. The first-order valence-electron chi connectivity index (χ1n) is 10.4. The second-order valence-corrected chi connectivity index (χ2v) is 8.23. The molecule has 2 aromatic carbocycles. The van der Waals surface area contributed by atoms with Crippen molar-refractivity contribution >= 4 is 0 Å². The van der Waals surface area contributed by atoms with Crippen molar-refractivity contribution in [1.82, 2.24) is 0 Å². The lowest BCUT2D eigenvalue weighted by molar-refractivity contribution is 0.302. The van der Waals surface area contributed by atoms with Gasteiger partial charge in [-0.05, 0) is 80.0 Å². The fourth-order valence-corrected chi connectivity index (χ4v) is 4.49. The topological polar surface area (TPSA) is 0 Å². The van der Waals surface area contributed by atoms with Gasteiger partial charge in [0.15, 0.2) is 23.3 Å². The third kappa shape index (κ3) is 4.65. The van der Waals surface area contributed by atoms with Crippen molar-refractivity contribution in [2.24, 2.45) is 5.92 Å². The van der Waals surface area contributed by atoms with Crippen LogP contribution in [0.1, 0.15) is 73.6 Å². The van der Waals surface area contributed by atoms with Gasteiger partial charge in [-0.15, -0.1) is 0 Å². The number of hydrogen-bond donors (Lipinski definition) is 0. The van der Waals surface area contributed by atoms with Crippen LogP contribution in [0.2, 0.25) is 0 Å². The molecule has 0 spiro atoms. The molecule has 29 heavy (non-hydrogen) atoms. The molecular formula is C24H27F5. The van der Waals surface area contributed by atoms with E-state index in [1.165, 1.54) is 19.1 Å². The molecule has 3 rings (SSSR count). The van der Waals surface area contributed by atoms with Crippen molar-refractivity contribution in [3.8, 4) is 0 Å². The van der Waals surface area contributed by atoms with E-state index in [1.807, 2.05) is 0 Å². The molecule has 5 heteroatoms. The summed E-state index contributed by atoms with van der Waals surface area (Å²) in [5, 5.41) is 0. The Morgan fingerprint density at radius 1 is 0.828 bits per heavy atom. The van der Waals surface area contributed by atoms with E-state index in [-0.39, 0.29) is 35.4 Å². The van der Waals surface area contributed by atoms with Crippen molar-refractivity contribution < 1.29 is 22.0 Å². The molecule has 1 aliphatic carbocycles. The van der Waals surface area contributed by atoms with E-state index in [9.17, 15) is 22.0 Å². The Balaban J connectivity index is 1.77. The fraction of sp³-hybridized carbons (Fsp3) is 0.500. The van der Waals surface area contributed by atoms with Gasteiger partial charge in [-0.3, -0.25) is 0 Å². The lowest BCUT2D eigenvalue weighted by Crippen LogP contribution is -2.16. The van der Waals surface area contributed by atoms with Crippen LogP contribution in [0.5, 0.6) is 0 Å². The normalized spacial score (nSPS) is 19.6. The number of hydrogen-bond acceptors (Lipinski definition) is 0. The minimum Gasteiger partial charge on any atom is -0.207 e. The van der Waals surface area contributed by atoms with E-state index in [1.54, 1.807) is 0 Å². The summed E-state index contributed by atoms with van der Waals surface area (Å²) in [6, 6.07) is 3.91. The summed E-state index contributed by atoms with van der Waals surface area (Å²) in [7, 11) is 0. The highest BCUT2D eigenvalue weighted by atomic mass is 19.2. The van der Waals surface area contributed by atoms with Gasteiger partial charge < -0.3 is 0 Å². The monoisotopic (exact) mass is 410 g/mol. The summed E-state index contributed by atoms with van der Waals surface area (Å²) >= 11 is 0. The van der Waals surface area contributed by atoms with E-state index in [0.717, 1.165) is 44.6 Å². The molecule has 158 valence electrons. The van der Waals surface area contributed by atoms with Gasteiger partial charge in [0.1, 0.15) is 5.82 Å². The minimum absolute atomic E-state index is 0.0191. The molecule has 0 aromatic heterocycles. The molecule has 0 amide bonds. The average Bonchev–Trinajstić information content (AvgIpc) is 2.71. The highest BCUT2D eigenvalue weighted by Crippen LogP contribution is 2.39. The number of halogens is 5. The van der Waals surface area contributed by atoms with Crippen LogP contribution < -0.4 is 0 Å². The predicted octanol–water partition coefficient (Wildman–Crippen LogP) is 7.55. The quantitative estimate of drug-likeness (QED) is 0.341. The molecule has 0 heterocycles. The second-order valence-electron chi connectivity index (χ2n) is 8.23. The molecular weight excluding hydrogens is 383 g/mol. The Bertz CT molecular complexity index is 866. The summed E-state index contributed by atoms with van der Waals surface area (Å²) in [6.07, 6.45) is 5.24. The molecule has 1 fully saturated rings. The predicted molar refractivity (Wildman–Crippen MR) is 104 cm³/mol. The summed E-state index contributed by atoms with van der Waals surface area (Å²) in [5.41, 5.74) is -0.129. The summed E-state index contributed by atoms with van der Waals surface area (Å²) in [6.45, 7) is 3.57. The molecule has 1 saturated carbocycles. The second kappa shape index (κ2) is 9.27. The van der Waals surface area contributed by atoms with Crippen LogP contribution in [-0.4, -0.2) is 0 Å². The van der Waals surface area contributed by atoms with Gasteiger partial charge in [0, 0.05) is 5.56 Å². The molecule has 0 unspecified atom stereocenters. The zero-order valence-corrected chi connectivity index (χ0v) is 16.9. The van der Waals surface area contributed by atoms with Gasteiger partial charge in [-0.1, -0.05) is 31.9 Å². The van der Waals surface area contributed by atoms with Crippen molar-refractivity contribution in [2.45, 2.75) is 71.1 Å². The molecule has 0 radical (unpaired) electrons. The fourth-order valence-electron chi connectivity index (χ4n) is 4.49. The van der Waals surface area contributed by atoms with Crippen molar-refractivity contribution in [3.05, 3.63) is 69.5 Å². The van der Waals surface area contributed by atoms with Crippen LogP contribution in [0.25, 0.3) is 0 Å². The van der Waals surface area contributed by atoms with Crippen LogP contribution >= 0.6 is 0 Å². The maximum atomic E-state index is 14.7. The molecule has 0 aliphatic heterocycles. The largest absolute Gasteiger partial charge is 0.207 e. The molecule has 0 bridgehead atoms. The van der Waals surface area contributed by atoms with E-state index in [2.05, 4.69) is 6.92 Å². The van der Waals surface area contributed by atoms with Crippen molar-refractivity contribution in [1.29, 1.82) is 0 Å². The zero-order valence-electron chi connectivity index (χ0n) is 16.9. The molecule has 0 nitrogen and oxygen atoms in total. The highest BCUT2D eigenvalue weighted by molar-refractivity contribution is 5.32. The maximum absolute atomic E-state index is 14.7. The van der Waals surface area contributed by atoms with Gasteiger partial charge in [-0.25, -0.2) is 22.0 Å². The Morgan fingerprint density at radius 2 is 1.52 bits per heavy atom. The van der Waals surface area contributed by atoms with Crippen LogP contribution in [0.3, 0.4) is 0 Å². The first-order chi connectivity index (χ1) is 13.8. The average molecular weight is 410 g/mol. The minimum atomic E-state index is -1.20. The first-order valence-corrected chi connectivity index (χ1v) is 10.4. The smallest absolute Gasteiger partial charge is 0.165 e. The number of benzene rings is 2. The van der Waals surface area contributed by atoms with Gasteiger partial charge in [0.25, 0.3) is 0 Å². The Morgan fingerprint density at radius 3 is 2.17 bits per heavy atom. The van der Waals surface area contributed by atoms with E-state index >= 15 is 0 Å². The third-order valence-electron chi connectivity index (χ3n) is 6.26. The molecule has 2 aromatic rings. The van der Waals surface area contributed by atoms with Gasteiger partial charge in [-0.2, -0.15) is 0 Å². The summed E-state index contributed by atoms with van der Waals surface area (Å²) in [5.74, 6) is -4.58. The molecule has 0 N–H and O–H groups in total. The molecule has 0 saturated heterocycles. The van der Waals surface area contributed by atoms with E-state index in [4.69, 9.17) is 0 Å². The third-order valence-corrected chi connectivity index (χ3v) is 6.26. The standard InChI is InChI=1S/C24H27F5/c1-3-4-15-6-9-16(10-7-15)19-13-20(25)18(23(28)24(19)29)12-11-17-8-5-14(2)21(26)22(17)27/h5,8,13,15-16H,3-4,6-7,9-12H2,1-2H3. The first kappa shape index (κ1) is 21.8. The van der Waals surface area contributed by atoms with Gasteiger partial charge in [0.05, 0.1) is 0 Å². The van der Waals surface area contributed by atoms with Crippen LogP contribution in [0, 0.1) is 41.9 Å². The SMILES string of the molecule is CCCC1CCC(c2cc(F)c(CCc3ccc(C)c(F)c3F)c(F)c2F)CC1. The Labute approximate surface area is 169 Å². The van der Waals surface area contributed by atoms with Gasteiger partial charge in [0.2, 0.25) is 0 Å². The lowest BCUT2D eigenvalue weighted by atomic mass is 9.77. The molecule has 0 atom stereocenters. The van der Waals surface area contributed by atoms with Crippen LogP contribution in [-0.2, 0) is 12.8 Å². The van der Waals surface area contributed by atoms with Gasteiger partial charge >= 0.3 is 0 Å². The van der Waals surface area contributed by atoms with Crippen LogP contribution in [0.15, 0.2) is 18.2 Å². The lowest BCUT2D eigenvalue weighted by Gasteiger charge is -2.29. The number of rotatable bonds is 6. The zero-order chi connectivity index (χ0) is 21.1. The Hall–Kier alpha value is -1.91. The van der Waals surface area contributed by atoms with E-state index in [0.29, 0.717) is 5.92 Å². The highest BCUT2D eigenvalue weighted by Gasteiger charge is 2.28.